The zero-order valence-electron chi connectivity index (χ0n) is 17.1. The number of nitrogens with zero attached hydrogens (tertiary/aromatic N) is 1. The summed E-state index contributed by atoms with van der Waals surface area (Å²) in [5.74, 6) is 0.749. The van der Waals surface area contributed by atoms with Crippen LogP contribution in [0.3, 0.4) is 0 Å². The molecule has 0 radical (unpaired) electrons. The maximum absolute atomic E-state index is 3.78. The molecule has 1 N–H and O–H groups in total. The largest absolute Gasteiger partial charge is 0.385 e. The number of rotatable bonds is 6. The second kappa shape index (κ2) is 8.06. The van der Waals surface area contributed by atoms with Crippen molar-refractivity contribution in [3.63, 3.8) is 0 Å². The van der Waals surface area contributed by atoms with Crippen molar-refractivity contribution in [2.75, 3.05) is 32.5 Å². The van der Waals surface area contributed by atoms with Crippen LogP contribution in [0.5, 0.6) is 0 Å². The van der Waals surface area contributed by atoms with E-state index in [1.54, 1.807) is 11.1 Å². The lowest BCUT2D eigenvalue weighted by Gasteiger charge is -2.41. The summed E-state index contributed by atoms with van der Waals surface area (Å²) in [5.41, 5.74) is 5.97. The molecule has 2 aromatic carbocycles. The number of anilines is 1. The number of nitrogens with one attached hydrogen (secondary N) is 1. The van der Waals surface area contributed by atoms with Crippen LogP contribution < -0.4 is 5.32 Å². The van der Waals surface area contributed by atoms with E-state index in [9.17, 15) is 0 Å². The first-order valence-electron chi connectivity index (χ1n) is 10.8. The molecule has 4 rings (SSSR count). The normalized spacial score (nSPS) is 21.8. The van der Waals surface area contributed by atoms with Gasteiger partial charge in [0.1, 0.15) is 0 Å². The Balaban J connectivity index is 1.35. The molecular weight excluding hydrogens is 328 g/mol. The maximum Gasteiger partial charge on any atom is 0.0903 e. The van der Waals surface area contributed by atoms with Crippen molar-refractivity contribution in [3.8, 4) is 0 Å². The van der Waals surface area contributed by atoms with Crippen molar-refractivity contribution in [2.45, 2.75) is 51.0 Å². The van der Waals surface area contributed by atoms with E-state index in [0.29, 0.717) is 0 Å². The second-order valence-corrected chi connectivity index (χ2v) is 9.27. The first-order valence-corrected chi connectivity index (χ1v) is 10.8. The summed E-state index contributed by atoms with van der Waals surface area (Å²) in [6.45, 7) is 2.43. The summed E-state index contributed by atoms with van der Waals surface area (Å²) in [7, 11) is 4.82. The average molecular weight is 364 g/mol. The number of fused-ring (bicyclic) bond motifs is 1. The molecule has 1 aliphatic carbocycles. The molecule has 27 heavy (non-hydrogen) atoms. The fourth-order valence-corrected chi connectivity index (χ4v) is 5.27. The standard InChI is InChI=1S/C25H35N2/c1-27(2)16-8-7-12-24(27)14-15-26-25-13-6-5-11-23(25)19-20-17-21-9-3-4-10-22(21)18-20/h3-6,9-11,13,20,24,26H,7-8,12,14-19H2,1-2H3/q+1/t24-/m0/s1. The lowest BCUT2D eigenvalue weighted by Crippen LogP contribution is -2.52. The third kappa shape index (κ3) is 4.38. The van der Waals surface area contributed by atoms with Crippen LogP contribution in [0.15, 0.2) is 48.5 Å². The molecule has 0 unspecified atom stereocenters. The second-order valence-electron chi connectivity index (χ2n) is 9.27. The monoisotopic (exact) mass is 363 g/mol. The van der Waals surface area contributed by atoms with Crippen molar-refractivity contribution in [3.05, 3.63) is 65.2 Å². The van der Waals surface area contributed by atoms with Crippen LogP contribution in [-0.2, 0) is 19.3 Å². The van der Waals surface area contributed by atoms with Gasteiger partial charge in [-0.05, 0) is 67.2 Å². The molecule has 0 spiro atoms. The van der Waals surface area contributed by atoms with Gasteiger partial charge in [0, 0.05) is 18.7 Å². The van der Waals surface area contributed by atoms with Gasteiger partial charge in [0.25, 0.3) is 0 Å². The van der Waals surface area contributed by atoms with E-state index >= 15 is 0 Å². The number of hydrogen-bond donors (Lipinski definition) is 1. The highest BCUT2D eigenvalue weighted by atomic mass is 15.3. The van der Waals surface area contributed by atoms with E-state index in [-0.39, 0.29) is 0 Å². The number of quaternary nitrogens is 1. The number of para-hydroxylation sites is 1. The van der Waals surface area contributed by atoms with Gasteiger partial charge in [-0.2, -0.15) is 0 Å². The third-order valence-corrected chi connectivity index (χ3v) is 6.96. The van der Waals surface area contributed by atoms with Gasteiger partial charge in [0.2, 0.25) is 0 Å². The van der Waals surface area contributed by atoms with Crippen LogP contribution in [0.4, 0.5) is 5.69 Å². The first kappa shape index (κ1) is 18.6. The molecule has 2 aliphatic rings. The highest BCUT2D eigenvalue weighted by molar-refractivity contribution is 5.51. The van der Waals surface area contributed by atoms with Gasteiger partial charge < -0.3 is 9.80 Å². The molecule has 1 aliphatic heterocycles. The average Bonchev–Trinajstić information content (AvgIpc) is 3.06. The Morgan fingerprint density at radius 1 is 0.926 bits per heavy atom. The molecule has 1 saturated heterocycles. The van der Waals surface area contributed by atoms with Gasteiger partial charge in [-0.15, -0.1) is 0 Å². The molecule has 2 heteroatoms. The summed E-state index contributed by atoms with van der Waals surface area (Å²) in [6, 6.07) is 18.8. The van der Waals surface area contributed by atoms with Crippen molar-refractivity contribution >= 4 is 5.69 Å². The molecule has 1 atom stereocenters. The Morgan fingerprint density at radius 3 is 2.37 bits per heavy atom. The van der Waals surface area contributed by atoms with Crippen LogP contribution in [-0.4, -0.2) is 37.7 Å². The summed E-state index contributed by atoms with van der Waals surface area (Å²) < 4.78 is 1.20. The van der Waals surface area contributed by atoms with E-state index in [1.165, 1.54) is 67.2 Å². The molecule has 2 aromatic rings. The zero-order valence-corrected chi connectivity index (χ0v) is 17.1. The van der Waals surface area contributed by atoms with Crippen molar-refractivity contribution in [1.29, 1.82) is 0 Å². The van der Waals surface area contributed by atoms with Crippen LogP contribution in [0, 0.1) is 5.92 Å². The number of benzene rings is 2. The lowest BCUT2D eigenvalue weighted by molar-refractivity contribution is -0.920. The van der Waals surface area contributed by atoms with Gasteiger partial charge in [-0.25, -0.2) is 0 Å². The highest BCUT2D eigenvalue weighted by Crippen LogP contribution is 2.31. The Morgan fingerprint density at radius 2 is 1.63 bits per heavy atom. The fraction of sp³-hybridized carbons (Fsp3) is 0.520. The van der Waals surface area contributed by atoms with Crippen LogP contribution in [0.2, 0.25) is 0 Å². The minimum atomic E-state index is 0.749. The van der Waals surface area contributed by atoms with E-state index in [1.807, 2.05) is 0 Å². The predicted molar refractivity (Wildman–Crippen MR) is 115 cm³/mol. The topological polar surface area (TPSA) is 12.0 Å². The molecule has 144 valence electrons. The van der Waals surface area contributed by atoms with Crippen LogP contribution in [0.25, 0.3) is 0 Å². The summed E-state index contributed by atoms with van der Waals surface area (Å²) in [6.07, 6.45) is 9.11. The first-order chi connectivity index (χ1) is 13.1. The summed E-state index contributed by atoms with van der Waals surface area (Å²) >= 11 is 0. The van der Waals surface area contributed by atoms with Crippen molar-refractivity contribution in [1.82, 2.24) is 0 Å². The summed E-state index contributed by atoms with van der Waals surface area (Å²) in [5, 5.41) is 3.78. The Hall–Kier alpha value is -1.80. The Labute approximate surface area is 165 Å². The SMILES string of the molecule is C[N+]1(C)CCCC[C@H]1CCNc1ccccc1CC1Cc2ccccc2C1. The minimum Gasteiger partial charge on any atom is -0.385 e. The minimum absolute atomic E-state index is 0.749. The van der Waals surface area contributed by atoms with Crippen LogP contribution in [0.1, 0.15) is 42.4 Å². The molecule has 0 saturated carbocycles. The molecular formula is C25H35N2+. The molecule has 1 heterocycles. The maximum atomic E-state index is 3.78. The van der Waals surface area contributed by atoms with Gasteiger partial charge in [0.15, 0.2) is 0 Å². The third-order valence-electron chi connectivity index (χ3n) is 6.96. The van der Waals surface area contributed by atoms with Crippen molar-refractivity contribution < 1.29 is 4.48 Å². The lowest BCUT2D eigenvalue weighted by atomic mass is 9.95. The molecule has 0 bridgehead atoms. The zero-order chi connectivity index (χ0) is 18.7. The molecule has 0 aromatic heterocycles. The predicted octanol–water partition coefficient (Wildman–Crippen LogP) is 5.08. The fourth-order valence-electron chi connectivity index (χ4n) is 5.27. The van der Waals surface area contributed by atoms with E-state index in [2.05, 4.69) is 67.9 Å². The van der Waals surface area contributed by atoms with Gasteiger partial charge in [-0.3, -0.25) is 0 Å². The number of likely N-dealkylation sites (tertiary alicyclic amines) is 1. The smallest absolute Gasteiger partial charge is 0.0903 e. The van der Waals surface area contributed by atoms with E-state index in [0.717, 1.165) is 18.5 Å². The highest BCUT2D eigenvalue weighted by Gasteiger charge is 2.30. The Kier molecular flexibility index (Phi) is 5.54. The number of piperidine rings is 1. The Bertz CT molecular complexity index is 739. The van der Waals surface area contributed by atoms with Gasteiger partial charge in [0.05, 0.1) is 26.7 Å². The molecule has 0 amide bonds. The summed E-state index contributed by atoms with van der Waals surface area (Å²) in [4.78, 5) is 0. The molecule has 1 fully saturated rings. The van der Waals surface area contributed by atoms with E-state index in [4.69, 9.17) is 0 Å². The quantitative estimate of drug-likeness (QED) is 0.706. The molecule has 2 nitrogen and oxygen atoms in total. The number of hydrogen-bond acceptors (Lipinski definition) is 1. The van der Waals surface area contributed by atoms with Crippen LogP contribution >= 0.6 is 0 Å². The van der Waals surface area contributed by atoms with Gasteiger partial charge in [-0.1, -0.05) is 42.5 Å². The van der Waals surface area contributed by atoms with Gasteiger partial charge >= 0.3 is 0 Å². The van der Waals surface area contributed by atoms with E-state index < -0.39 is 0 Å². The van der Waals surface area contributed by atoms with Crippen molar-refractivity contribution in [2.24, 2.45) is 5.92 Å².